The van der Waals surface area contributed by atoms with E-state index in [1.165, 1.54) is 0 Å². The van der Waals surface area contributed by atoms with Crippen LogP contribution >= 0.6 is 0 Å². The zero-order valence-electron chi connectivity index (χ0n) is 12.4. The minimum atomic E-state index is -0.204. The smallest absolute Gasteiger partial charge is 0.259 e. The Morgan fingerprint density at radius 1 is 1.09 bits per heavy atom. The summed E-state index contributed by atoms with van der Waals surface area (Å²) in [5.74, 6) is 1.71. The maximum Gasteiger partial charge on any atom is 0.259 e. The van der Waals surface area contributed by atoms with Crippen molar-refractivity contribution >= 4 is 10.9 Å². The molecule has 0 fully saturated rings. The van der Waals surface area contributed by atoms with Crippen molar-refractivity contribution in [1.82, 2.24) is 9.97 Å². The lowest BCUT2D eigenvalue weighted by molar-refractivity contribution is 0.341. The van der Waals surface area contributed by atoms with Crippen LogP contribution in [-0.2, 0) is 0 Å². The molecule has 0 saturated heterocycles. The molecule has 1 heterocycles. The first kappa shape index (κ1) is 14.1. The molecule has 0 aliphatic heterocycles. The number of fused-ring (bicyclic) bond motifs is 1. The van der Waals surface area contributed by atoms with Gasteiger partial charge in [0.05, 0.1) is 24.7 Å². The Bertz CT molecular complexity index is 871. The van der Waals surface area contributed by atoms with Gasteiger partial charge >= 0.3 is 0 Å². The molecule has 0 saturated carbocycles. The van der Waals surface area contributed by atoms with Crippen molar-refractivity contribution in [2.24, 2.45) is 0 Å². The van der Waals surface area contributed by atoms with Gasteiger partial charge in [0, 0.05) is 0 Å². The highest BCUT2D eigenvalue weighted by molar-refractivity contribution is 5.85. The van der Waals surface area contributed by atoms with Crippen molar-refractivity contribution in [2.45, 2.75) is 6.92 Å². The number of ether oxygens (including phenoxy) is 2. The molecule has 1 aromatic heterocycles. The molecular weight excluding hydrogens is 280 g/mol. The van der Waals surface area contributed by atoms with E-state index in [4.69, 9.17) is 9.47 Å². The number of aromatic nitrogens is 2. The van der Waals surface area contributed by atoms with Crippen LogP contribution in [0.3, 0.4) is 0 Å². The molecule has 0 radical (unpaired) electrons. The van der Waals surface area contributed by atoms with E-state index in [1.807, 2.05) is 31.2 Å². The second-order valence-electron chi connectivity index (χ2n) is 4.70. The van der Waals surface area contributed by atoms with Gasteiger partial charge in [-0.15, -0.1) is 0 Å². The number of rotatable bonds is 4. The predicted octanol–water partition coefficient (Wildman–Crippen LogP) is 3.00. The Labute approximate surface area is 127 Å². The predicted molar refractivity (Wildman–Crippen MR) is 85.5 cm³/mol. The van der Waals surface area contributed by atoms with E-state index in [0.29, 0.717) is 34.8 Å². The molecule has 3 aromatic rings. The van der Waals surface area contributed by atoms with Crippen LogP contribution in [0.2, 0.25) is 0 Å². The fraction of sp³-hybridized carbons (Fsp3) is 0.176. The Balaban J connectivity index is 2.27. The van der Waals surface area contributed by atoms with Crippen LogP contribution in [0.4, 0.5) is 0 Å². The van der Waals surface area contributed by atoms with Gasteiger partial charge in [-0.05, 0) is 31.2 Å². The van der Waals surface area contributed by atoms with E-state index in [9.17, 15) is 4.79 Å². The van der Waals surface area contributed by atoms with E-state index in [-0.39, 0.29) is 5.56 Å². The monoisotopic (exact) mass is 296 g/mol. The van der Waals surface area contributed by atoms with Crippen molar-refractivity contribution in [3.8, 4) is 22.9 Å². The van der Waals surface area contributed by atoms with E-state index in [1.54, 1.807) is 25.3 Å². The lowest BCUT2D eigenvalue weighted by Crippen LogP contribution is -2.10. The first-order chi connectivity index (χ1) is 10.7. The summed E-state index contributed by atoms with van der Waals surface area (Å²) in [6.45, 7) is 2.45. The Kier molecular flexibility index (Phi) is 3.78. The van der Waals surface area contributed by atoms with E-state index in [0.717, 1.165) is 5.56 Å². The van der Waals surface area contributed by atoms with Crippen molar-refractivity contribution < 1.29 is 9.47 Å². The molecule has 0 bridgehead atoms. The van der Waals surface area contributed by atoms with Crippen LogP contribution in [0, 0.1) is 0 Å². The van der Waals surface area contributed by atoms with Crippen LogP contribution in [0.1, 0.15) is 6.92 Å². The van der Waals surface area contributed by atoms with Crippen LogP contribution in [-0.4, -0.2) is 23.7 Å². The number of aromatic amines is 1. The SMILES string of the molecule is CCOc1ccccc1-c1nc2c(OC)cccc2c(=O)[nH]1. The summed E-state index contributed by atoms with van der Waals surface area (Å²) >= 11 is 0. The summed E-state index contributed by atoms with van der Waals surface area (Å²) < 4.78 is 10.9. The molecule has 5 heteroatoms. The Morgan fingerprint density at radius 2 is 1.86 bits per heavy atom. The third kappa shape index (κ3) is 2.41. The molecule has 22 heavy (non-hydrogen) atoms. The molecule has 3 rings (SSSR count). The summed E-state index contributed by atoms with van der Waals surface area (Å²) in [6, 6.07) is 12.8. The molecule has 0 atom stereocenters. The minimum Gasteiger partial charge on any atom is -0.494 e. The zero-order chi connectivity index (χ0) is 15.5. The number of hydrogen-bond acceptors (Lipinski definition) is 4. The molecule has 1 N–H and O–H groups in total. The fourth-order valence-corrected chi connectivity index (χ4v) is 2.37. The van der Waals surface area contributed by atoms with Gasteiger partial charge in [0.2, 0.25) is 0 Å². The van der Waals surface area contributed by atoms with Gasteiger partial charge in [-0.3, -0.25) is 4.79 Å². The quantitative estimate of drug-likeness (QED) is 0.804. The molecule has 0 unspecified atom stereocenters. The number of hydrogen-bond donors (Lipinski definition) is 1. The molecule has 0 aliphatic rings. The maximum absolute atomic E-state index is 12.3. The lowest BCUT2D eigenvalue weighted by Gasteiger charge is -2.10. The summed E-state index contributed by atoms with van der Waals surface area (Å²) in [5.41, 5.74) is 1.08. The summed E-state index contributed by atoms with van der Waals surface area (Å²) in [6.07, 6.45) is 0. The number of methoxy groups -OCH3 is 1. The second kappa shape index (κ2) is 5.89. The number of H-pyrrole nitrogens is 1. The third-order valence-electron chi connectivity index (χ3n) is 3.36. The average Bonchev–Trinajstić information content (AvgIpc) is 2.55. The normalized spacial score (nSPS) is 10.6. The fourth-order valence-electron chi connectivity index (χ4n) is 2.37. The summed E-state index contributed by atoms with van der Waals surface area (Å²) in [5, 5.41) is 0.497. The van der Waals surface area contributed by atoms with Gasteiger partial charge in [0.15, 0.2) is 0 Å². The standard InChI is InChI=1S/C17H16N2O3/c1-3-22-13-9-5-4-7-11(13)16-18-15-12(17(20)19-16)8-6-10-14(15)21-2/h4-10H,3H2,1-2H3,(H,18,19,20). The molecule has 0 amide bonds. The van der Waals surface area contributed by atoms with Crippen molar-refractivity contribution in [3.63, 3.8) is 0 Å². The van der Waals surface area contributed by atoms with E-state index >= 15 is 0 Å². The van der Waals surface area contributed by atoms with Crippen LogP contribution < -0.4 is 15.0 Å². The maximum atomic E-state index is 12.3. The van der Waals surface area contributed by atoms with Gasteiger partial charge in [-0.25, -0.2) is 4.98 Å². The van der Waals surface area contributed by atoms with Crippen LogP contribution in [0.25, 0.3) is 22.3 Å². The lowest BCUT2D eigenvalue weighted by atomic mass is 10.1. The number of nitrogens with one attached hydrogen (secondary N) is 1. The molecule has 2 aromatic carbocycles. The second-order valence-corrected chi connectivity index (χ2v) is 4.70. The first-order valence-electron chi connectivity index (χ1n) is 7.03. The largest absolute Gasteiger partial charge is 0.494 e. The van der Waals surface area contributed by atoms with Crippen molar-refractivity contribution in [1.29, 1.82) is 0 Å². The van der Waals surface area contributed by atoms with Gasteiger partial charge in [-0.1, -0.05) is 18.2 Å². The van der Waals surface area contributed by atoms with Crippen molar-refractivity contribution in [3.05, 3.63) is 52.8 Å². The first-order valence-corrected chi connectivity index (χ1v) is 7.03. The highest BCUT2D eigenvalue weighted by atomic mass is 16.5. The van der Waals surface area contributed by atoms with Gasteiger partial charge in [0.25, 0.3) is 5.56 Å². The molecular formula is C17H16N2O3. The number of nitrogens with zero attached hydrogens (tertiary/aromatic N) is 1. The van der Waals surface area contributed by atoms with Crippen LogP contribution in [0.5, 0.6) is 11.5 Å². The van der Waals surface area contributed by atoms with Gasteiger partial charge in [-0.2, -0.15) is 0 Å². The van der Waals surface area contributed by atoms with Crippen LogP contribution in [0.15, 0.2) is 47.3 Å². The molecule has 0 aliphatic carbocycles. The number of para-hydroxylation sites is 2. The highest BCUT2D eigenvalue weighted by Gasteiger charge is 2.12. The topological polar surface area (TPSA) is 64.2 Å². The summed E-state index contributed by atoms with van der Waals surface area (Å²) in [4.78, 5) is 19.7. The third-order valence-corrected chi connectivity index (χ3v) is 3.36. The highest BCUT2D eigenvalue weighted by Crippen LogP contribution is 2.29. The zero-order valence-corrected chi connectivity index (χ0v) is 12.4. The van der Waals surface area contributed by atoms with E-state index in [2.05, 4.69) is 9.97 Å². The molecule has 5 nitrogen and oxygen atoms in total. The van der Waals surface area contributed by atoms with Gasteiger partial charge < -0.3 is 14.5 Å². The van der Waals surface area contributed by atoms with Crippen molar-refractivity contribution in [2.75, 3.05) is 13.7 Å². The Hall–Kier alpha value is -2.82. The van der Waals surface area contributed by atoms with E-state index < -0.39 is 0 Å². The summed E-state index contributed by atoms with van der Waals surface area (Å²) in [7, 11) is 1.56. The van der Waals surface area contributed by atoms with Gasteiger partial charge in [0.1, 0.15) is 22.8 Å². The molecule has 112 valence electrons. The minimum absolute atomic E-state index is 0.204. The number of benzene rings is 2. The molecule has 0 spiro atoms. The average molecular weight is 296 g/mol. The Morgan fingerprint density at radius 3 is 2.64 bits per heavy atom.